The Morgan fingerprint density at radius 2 is 1.49 bits per heavy atom. The number of nitrogens with two attached hydrogens (primary N) is 1. The van der Waals surface area contributed by atoms with E-state index in [9.17, 15) is 33.6 Å². The van der Waals surface area contributed by atoms with Crippen LogP contribution >= 0.6 is 0 Å². The Morgan fingerprint density at radius 1 is 0.909 bits per heavy atom. The molecule has 3 fully saturated rings. The van der Waals surface area contributed by atoms with Crippen LogP contribution in [-0.2, 0) is 33.5 Å². The first-order valence-electron chi connectivity index (χ1n) is 18.5. The van der Waals surface area contributed by atoms with Gasteiger partial charge in [-0.15, -0.1) is 12.3 Å². The van der Waals surface area contributed by atoms with E-state index in [4.69, 9.17) is 16.9 Å². The first-order valence-corrected chi connectivity index (χ1v) is 18.5. The van der Waals surface area contributed by atoms with Gasteiger partial charge in [0.1, 0.15) is 30.8 Å². The standard InChI is InChI=1S/C22H30N4O6.C9H11N3O2.C7H8.C2H6/c1-4-7-15-19(28)23-14(2)20(29)26-12-6-9-17(26)22(31)32-13-10-18(27)25-11-5-8-16(25)21(30)24(15)3;10-8(13)6-11-9(14)12-7-4-2-1-3-5-7;1-7-5-3-2-4-6-7;1-2/h1,14-17H,5-13H2,2-3H3,(H,23,28);1-5H,6H2,(H2,10,13)(H2,11,12,14);2-6H,1H3;1-2H3. The van der Waals surface area contributed by atoms with E-state index in [0.717, 1.165) is 0 Å². The quantitative estimate of drug-likeness (QED) is 0.269. The van der Waals surface area contributed by atoms with Gasteiger partial charge in [0, 0.05) is 32.2 Å². The zero-order chi connectivity index (χ0) is 40.9. The summed E-state index contributed by atoms with van der Waals surface area (Å²) >= 11 is 0. The summed E-state index contributed by atoms with van der Waals surface area (Å²) in [5, 5.41) is 7.49. The first kappa shape index (κ1) is 45.2. The van der Waals surface area contributed by atoms with Crippen molar-refractivity contribution < 1.29 is 38.3 Å². The molecule has 3 heterocycles. The van der Waals surface area contributed by atoms with Gasteiger partial charge in [0.05, 0.1) is 13.0 Å². The smallest absolute Gasteiger partial charge is 0.328 e. The molecule has 0 aromatic heterocycles. The number of aryl methyl sites for hydroxylation is 1. The van der Waals surface area contributed by atoms with Gasteiger partial charge in [-0.25, -0.2) is 9.59 Å². The number of cyclic esters (lactones) is 1. The summed E-state index contributed by atoms with van der Waals surface area (Å²) in [7, 11) is 1.48. The molecule has 2 aromatic rings. The van der Waals surface area contributed by atoms with E-state index in [1.165, 1.54) is 34.2 Å². The molecule has 7 amide bonds. The summed E-state index contributed by atoms with van der Waals surface area (Å²) in [4.78, 5) is 90.0. The van der Waals surface area contributed by atoms with Gasteiger partial charge in [-0.1, -0.05) is 67.9 Å². The normalized spacial score (nSPS) is 21.3. The fraction of sp³-hybridized carbons (Fsp3) is 0.475. The molecule has 55 heavy (non-hydrogen) atoms. The molecule has 0 bridgehead atoms. The summed E-state index contributed by atoms with van der Waals surface area (Å²) in [5.41, 5.74) is 6.84. The highest BCUT2D eigenvalue weighted by Gasteiger charge is 2.41. The van der Waals surface area contributed by atoms with Crippen molar-refractivity contribution in [3.63, 3.8) is 0 Å². The molecule has 3 saturated heterocycles. The molecule has 3 aliphatic heterocycles. The third-order valence-electron chi connectivity index (χ3n) is 8.78. The Labute approximate surface area is 323 Å². The fourth-order valence-corrected chi connectivity index (χ4v) is 6.00. The molecule has 0 radical (unpaired) electrons. The molecule has 3 aliphatic rings. The molecular formula is C40H55N7O8. The minimum Gasteiger partial charge on any atom is -0.464 e. The number of carbonyl (C=O) groups is 7. The van der Waals surface area contributed by atoms with E-state index in [2.05, 4.69) is 40.9 Å². The number of benzene rings is 2. The van der Waals surface area contributed by atoms with Crippen LogP contribution in [0.5, 0.6) is 0 Å². The number of carbonyl (C=O) groups excluding carboxylic acids is 7. The predicted octanol–water partition coefficient (Wildman–Crippen LogP) is 2.58. The maximum atomic E-state index is 13.2. The largest absolute Gasteiger partial charge is 0.464 e. The van der Waals surface area contributed by atoms with Crippen LogP contribution in [-0.4, -0.2) is 114 Å². The lowest BCUT2D eigenvalue weighted by atomic mass is 10.1. The van der Waals surface area contributed by atoms with E-state index in [1.54, 1.807) is 24.3 Å². The van der Waals surface area contributed by atoms with E-state index >= 15 is 0 Å². The van der Waals surface area contributed by atoms with E-state index in [-0.39, 0.29) is 37.8 Å². The van der Waals surface area contributed by atoms with Gasteiger partial charge < -0.3 is 41.1 Å². The number of terminal acetylenes is 1. The Balaban J connectivity index is 0.000000370. The number of urea groups is 1. The minimum atomic E-state index is -0.979. The predicted molar refractivity (Wildman–Crippen MR) is 208 cm³/mol. The number of hydrogen-bond acceptors (Lipinski definition) is 8. The van der Waals surface area contributed by atoms with Gasteiger partial charge in [-0.3, -0.25) is 24.0 Å². The number of rotatable bonds is 4. The van der Waals surface area contributed by atoms with Crippen LogP contribution in [0.25, 0.3) is 0 Å². The molecule has 298 valence electrons. The number of amides is 7. The Bertz CT molecular complexity index is 1630. The third kappa shape index (κ3) is 14.4. The van der Waals surface area contributed by atoms with Crippen LogP contribution in [0.3, 0.4) is 0 Å². The van der Waals surface area contributed by atoms with Gasteiger partial charge in [-0.2, -0.15) is 0 Å². The zero-order valence-corrected chi connectivity index (χ0v) is 32.4. The Hall–Kier alpha value is -5.91. The second-order valence-electron chi connectivity index (χ2n) is 12.8. The molecule has 2 aromatic carbocycles. The highest BCUT2D eigenvalue weighted by molar-refractivity contribution is 5.96. The van der Waals surface area contributed by atoms with Crippen molar-refractivity contribution in [1.82, 2.24) is 25.3 Å². The van der Waals surface area contributed by atoms with E-state index in [0.29, 0.717) is 44.5 Å². The van der Waals surface area contributed by atoms with Gasteiger partial charge in [0.2, 0.25) is 29.5 Å². The number of primary amides is 1. The number of fused-ring (bicyclic) bond motifs is 2. The van der Waals surface area contributed by atoms with Crippen LogP contribution in [0.2, 0.25) is 0 Å². The fourth-order valence-electron chi connectivity index (χ4n) is 6.00. The highest BCUT2D eigenvalue weighted by Crippen LogP contribution is 2.23. The van der Waals surface area contributed by atoms with Crippen molar-refractivity contribution >= 4 is 47.2 Å². The number of para-hydroxylation sites is 1. The topological polar surface area (TPSA) is 201 Å². The highest BCUT2D eigenvalue weighted by atomic mass is 16.5. The number of likely N-dealkylation sites (N-methyl/N-ethyl adjacent to an activating group) is 1. The van der Waals surface area contributed by atoms with Gasteiger partial charge >= 0.3 is 12.0 Å². The molecule has 4 atom stereocenters. The van der Waals surface area contributed by atoms with Crippen molar-refractivity contribution in [3.05, 3.63) is 66.2 Å². The number of ether oxygens (including phenoxy) is 1. The second-order valence-corrected chi connectivity index (χ2v) is 12.8. The van der Waals surface area contributed by atoms with Crippen LogP contribution < -0.4 is 21.7 Å². The molecule has 5 N–H and O–H groups in total. The lowest BCUT2D eigenvalue weighted by molar-refractivity contribution is -0.156. The second kappa shape index (κ2) is 23.7. The number of nitrogens with one attached hydrogen (secondary N) is 3. The van der Waals surface area contributed by atoms with Gasteiger partial charge in [0.15, 0.2) is 0 Å². The molecule has 15 heteroatoms. The van der Waals surface area contributed by atoms with E-state index in [1.807, 2.05) is 38.1 Å². The molecule has 0 spiro atoms. The van der Waals surface area contributed by atoms with Crippen molar-refractivity contribution in [2.45, 2.75) is 90.4 Å². The van der Waals surface area contributed by atoms with Gasteiger partial charge in [0.25, 0.3) is 0 Å². The van der Waals surface area contributed by atoms with Crippen LogP contribution in [0.15, 0.2) is 60.7 Å². The summed E-state index contributed by atoms with van der Waals surface area (Å²) in [6.45, 7) is 8.13. The lowest BCUT2D eigenvalue weighted by Gasteiger charge is -2.33. The van der Waals surface area contributed by atoms with E-state index < -0.39 is 53.9 Å². The molecule has 4 unspecified atom stereocenters. The lowest BCUT2D eigenvalue weighted by Crippen LogP contribution is -2.57. The monoisotopic (exact) mass is 761 g/mol. The first-order chi connectivity index (χ1) is 26.3. The third-order valence-corrected chi connectivity index (χ3v) is 8.78. The van der Waals surface area contributed by atoms with Crippen LogP contribution in [0.4, 0.5) is 10.5 Å². The number of nitrogens with zero attached hydrogens (tertiary/aromatic N) is 3. The Kier molecular flexibility index (Phi) is 19.5. The summed E-state index contributed by atoms with van der Waals surface area (Å²) < 4.78 is 5.29. The average Bonchev–Trinajstić information content (AvgIpc) is 3.88. The molecule has 0 aliphatic carbocycles. The summed E-state index contributed by atoms with van der Waals surface area (Å²) in [6.07, 6.45) is 7.59. The van der Waals surface area contributed by atoms with Crippen LogP contribution in [0, 0.1) is 19.3 Å². The van der Waals surface area contributed by atoms with Crippen LogP contribution in [0.1, 0.15) is 64.9 Å². The summed E-state index contributed by atoms with van der Waals surface area (Å²) in [5.74, 6) is -0.353. The maximum absolute atomic E-state index is 13.2. The van der Waals surface area contributed by atoms with Crippen molar-refractivity contribution in [3.8, 4) is 12.3 Å². The average molecular weight is 762 g/mol. The van der Waals surface area contributed by atoms with Crippen molar-refractivity contribution in [2.75, 3.05) is 38.6 Å². The summed E-state index contributed by atoms with van der Waals surface area (Å²) in [6, 6.07) is 15.4. The SMILES string of the molecule is C#CCC1C(=O)NC(C)C(=O)N2CCCC2C(=O)OCCC(=O)N2CCCC2C(=O)N1C.CC.Cc1ccccc1.NC(=O)CNC(=O)Nc1ccccc1. The Morgan fingerprint density at radius 3 is 2.05 bits per heavy atom. The number of esters is 1. The maximum Gasteiger partial charge on any atom is 0.328 e. The minimum absolute atomic E-state index is 0.0334. The molecule has 15 nitrogen and oxygen atoms in total. The van der Waals surface area contributed by atoms with Crippen molar-refractivity contribution in [1.29, 1.82) is 0 Å². The molecule has 5 rings (SSSR count). The molecule has 0 saturated carbocycles. The number of hydrogen-bond donors (Lipinski definition) is 4. The zero-order valence-electron chi connectivity index (χ0n) is 32.4. The number of anilines is 1. The van der Waals surface area contributed by atoms with Crippen molar-refractivity contribution in [2.24, 2.45) is 5.73 Å². The van der Waals surface area contributed by atoms with Gasteiger partial charge in [-0.05, 0) is 51.7 Å². The molecular weight excluding hydrogens is 706 g/mol.